The number of alkyl halides is 3. The standard InChI is InChI=1S/C47H58F3N9O8/c1-9-37(60)57-19-16-29(23-57)43(62)56(7)39(26(2)3)41(61)52-34-21-36-53-54-42(67-36)28-14-15-35-31(20-28)32(22-46(5,6)25-66-45(64)33-13-11-18-59(55-33)44(34)63)40(58(35)24-47(48,49)50)30-12-10-17-51-38(30)27(4)65-8/h9-10,12,14-15,17,20,26-27,29,33-34,39,55H,1,11,13,16,18-19,21-25H2,2-8H3,(H,52,61)/t27-,29-,33-,34-,39-/m0/s1. The summed E-state index contributed by atoms with van der Waals surface area (Å²) in [4.78, 5) is 76.2. The number of likely N-dealkylation sites (N-methyl/N-ethyl adjacent to an activating group) is 1. The first kappa shape index (κ1) is 48.8. The van der Waals surface area contributed by atoms with Crippen molar-refractivity contribution in [3.8, 4) is 22.7 Å². The lowest BCUT2D eigenvalue weighted by atomic mass is 9.84. The summed E-state index contributed by atoms with van der Waals surface area (Å²) < 4.78 is 62.8. The lowest BCUT2D eigenvalue weighted by Crippen LogP contribution is -2.62. The summed E-state index contributed by atoms with van der Waals surface area (Å²) >= 11 is 0. The summed E-state index contributed by atoms with van der Waals surface area (Å²) in [6.07, 6.45) is -1.47. The minimum Gasteiger partial charge on any atom is -0.464 e. The van der Waals surface area contributed by atoms with Crippen LogP contribution in [0.3, 0.4) is 0 Å². The second-order valence-corrected chi connectivity index (χ2v) is 18.7. The number of halogens is 3. The summed E-state index contributed by atoms with van der Waals surface area (Å²) in [5.74, 6) is -3.50. The van der Waals surface area contributed by atoms with Gasteiger partial charge in [-0.1, -0.05) is 34.3 Å². The number of likely N-dealkylation sites (tertiary alicyclic amines) is 1. The molecular formula is C47H58F3N9O8. The van der Waals surface area contributed by atoms with E-state index < -0.39 is 72.0 Å². The number of rotatable bonds is 10. The van der Waals surface area contributed by atoms with Gasteiger partial charge in [0.05, 0.1) is 36.4 Å². The van der Waals surface area contributed by atoms with E-state index in [-0.39, 0.29) is 67.3 Å². The summed E-state index contributed by atoms with van der Waals surface area (Å²) in [7, 11) is 3.01. The van der Waals surface area contributed by atoms with Crippen molar-refractivity contribution in [1.29, 1.82) is 0 Å². The number of ether oxygens (including phenoxy) is 2. The number of nitrogens with zero attached hydrogens (tertiary/aromatic N) is 7. The Balaban J connectivity index is 1.30. The summed E-state index contributed by atoms with van der Waals surface area (Å²) in [5.41, 5.74) is 4.47. The van der Waals surface area contributed by atoms with Crippen LogP contribution in [0.2, 0.25) is 0 Å². The predicted molar refractivity (Wildman–Crippen MR) is 238 cm³/mol. The van der Waals surface area contributed by atoms with Gasteiger partial charge in [-0.2, -0.15) is 13.2 Å². The maximum absolute atomic E-state index is 14.6. The normalized spacial score (nSPS) is 21.1. The molecule has 360 valence electrons. The molecule has 6 bridgehead atoms. The summed E-state index contributed by atoms with van der Waals surface area (Å²) in [5, 5.41) is 13.1. The lowest BCUT2D eigenvalue weighted by molar-refractivity contribution is -0.155. The second kappa shape index (κ2) is 19.6. The van der Waals surface area contributed by atoms with Crippen LogP contribution in [0.4, 0.5) is 13.2 Å². The molecule has 2 N–H and O–H groups in total. The van der Waals surface area contributed by atoms with Gasteiger partial charge in [0.2, 0.25) is 29.5 Å². The first-order valence-corrected chi connectivity index (χ1v) is 22.5. The van der Waals surface area contributed by atoms with Crippen molar-refractivity contribution in [2.75, 3.05) is 40.4 Å². The first-order chi connectivity index (χ1) is 31.7. The molecule has 3 aliphatic rings. The van der Waals surface area contributed by atoms with Gasteiger partial charge in [-0.05, 0) is 80.5 Å². The van der Waals surface area contributed by atoms with Gasteiger partial charge in [-0.25, -0.2) is 5.43 Å². The SMILES string of the molecule is C=CC(=O)N1CC[C@H](C(=O)N(C)[C@H](C(=O)N[C@H]2Cc3nnc(o3)-c3ccc4c(c3)c(c(-c3cccnc3[C@H](C)OC)n4CC(F)(F)F)CC(C)(C)COC(=O)[C@@H]3CCCN(N3)C2=O)C(C)C)C1. The molecule has 0 aliphatic carbocycles. The number of hydrogen-bond donors (Lipinski definition) is 2. The number of cyclic esters (lactones) is 1. The van der Waals surface area contributed by atoms with Crippen LogP contribution >= 0.6 is 0 Å². The molecule has 4 aromatic rings. The highest BCUT2D eigenvalue weighted by atomic mass is 19.4. The summed E-state index contributed by atoms with van der Waals surface area (Å²) in [6.45, 7) is 11.8. The van der Waals surface area contributed by atoms with Gasteiger partial charge >= 0.3 is 12.1 Å². The maximum Gasteiger partial charge on any atom is 0.406 e. The van der Waals surface area contributed by atoms with Gasteiger partial charge in [0.25, 0.3) is 5.91 Å². The Morgan fingerprint density at radius 3 is 2.58 bits per heavy atom. The first-order valence-electron chi connectivity index (χ1n) is 22.5. The molecule has 1 aromatic carbocycles. The number of pyridine rings is 1. The number of esters is 1. The number of carbonyl (C=O) groups excluding carboxylic acids is 5. The molecule has 0 unspecified atom stereocenters. The third-order valence-corrected chi connectivity index (χ3v) is 12.7. The molecule has 5 atom stereocenters. The molecule has 0 radical (unpaired) electrons. The van der Waals surface area contributed by atoms with E-state index in [1.807, 2.05) is 13.8 Å². The summed E-state index contributed by atoms with van der Waals surface area (Å²) in [6, 6.07) is 4.86. The molecule has 2 fully saturated rings. The van der Waals surface area contributed by atoms with Crippen LogP contribution < -0.4 is 10.7 Å². The molecule has 20 heteroatoms. The van der Waals surface area contributed by atoms with E-state index in [0.717, 1.165) is 0 Å². The number of fused-ring (bicyclic) bond motifs is 6. The van der Waals surface area contributed by atoms with Crippen LogP contribution in [0.5, 0.6) is 0 Å². The fourth-order valence-electron chi connectivity index (χ4n) is 9.37. The molecule has 0 saturated carbocycles. The zero-order chi connectivity index (χ0) is 48.5. The molecular weight excluding hydrogens is 876 g/mol. The van der Waals surface area contributed by atoms with Gasteiger partial charge in [0.1, 0.15) is 24.7 Å². The average molecular weight is 934 g/mol. The fourth-order valence-corrected chi connectivity index (χ4v) is 9.37. The molecule has 17 nitrogen and oxygen atoms in total. The van der Waals surface area contributed by atoms with Crippen LogP contribution in [0.15, 0.2) is 53.6 Å². The highest BCUT2D eigenvalue weighted by Crippen LogP contribution is 2.43. The zero-order valence-electron chi connectivity index (χ0n) is 38.8. The van der Waals surface area contributed by atoms with Crippen molar-refractivity contribution in [2.45, 2.75) is 104 Å². The number of nitrogens with one attached hydrogen (secondary N) is 2. The Kier molecular flexibility index (Phi) is 14.3. The van der Waals surface area contributed by atoms with Crippen molar-refractivity contribution < 1.29 is 51.0 Å². The van der Waals surface area contributed by atoms with Crippen LogP contribution in [0.1, 0.15) is 77.1 Å². The predicted octanol–water partition coefficient (Wildman–Crippen LogP) is 5.19. The number of methoxy groups -OCH3 is 1. The number of hydrazine groups is 1. The van der Waals surface area contributed by atoms with E-state index in [0.29, 0.717) is 53.6 Å². The van der Waals surface area contributed by atoms with Crippen molar-refractivity contribution >= 4 is 40.5 Å². The molecule has 67 heavy (non-hydrogen) atoms. The molecule has 0 spiro atoms. The van der Waals surface area contributed by atoms with E-state index in [2.05, 4.69) is 32.5 Å². The lowest BCUT2D eigenvalue weighted by Gasteiger charge is -2.36. The van der Waals surface area contributed by atoms with Gasteiger partial charge in [-0.15, -0.1) is 10.2 Å². The van der Waals surface area contributed by atoms with Gasteiger partial charge in [-0.3, -0.25) is 34.0 Å². The topological polar surface area (TPSA) is 194 Å². The van der Waals surface area contributed by atoms with Crippen LogP contribution in [0.25, 0.3) is 33.6 Å². The third kappa shape index (κ3) is 10.5. The van der Waals surface area contributed by atoms with Crippen molar-refractivity contribution in [3.05, 3.63) is 66.3 Å². The molecule has 7 rings (SSSR count). The van der Waals surface area contributed by atoms with Crippen LogP contribution in [-0.2, 0) is 52.8 Å². The molecule has 6 heterocycles. The molecule has 3 aliphatic heterocycles. The molecule has 2 saturated heterocycles. The number of aromatic nitrogens is 4. The molecule has 4 amide bonds. The third-order valence-electron chi connectivity index (χ3n) is 12.7. The van der Waals surface area contributed by atoms with E-state index in [1.165, 1.54) is 39.6 Å². The Morgan fingerprint density at radius 1 is 1.12 bits per heavy atom. The number of carbonyl (C=O) groups is 5. The van der Waals surface area contributed by atoms with Crippen LogP contribution in [-0.4, -0.2) is 129 Å². The Morgan fingerprint density at radius 2 is 1.88 bits per heavy atom. The van der Waals surface area contributed by atoms with E-state index >= 15 is 0 Å². The van der Waals surface area contributed by atoms with Crippen molar-refractivity contribution in [1.82, 2.24) is 45.3 Å². The van der Waals surface area contributed by atoms with Gasteiger partial charge < -0.3 is 33.6 Å². The number of hydrogen-bond acceptors (Lipinski definition) is 12. The van der Waals surface area contributed by atoms with Crippen molar-refractivity contribution in [2.24, 2.45) is 17.3 Å². The highest BCUT2D eigenvalue weighted by molar-refractivity contribution is 5.96. The Hall–Kier alpha value is -6.15. The van der Waals surface area contributed by atoms with E-state index in [1.54, 1.807) is 57.3 Å². The smallest absolute Gasteiger partial charge is 0.406 e. The van der Waals surface area contributed by atoms with Crippen LogP contribution in [0, 0.1) is 17.3 Å². The quantitative estimate of drug-likeness (QED) is 0.156. The minimum absolute atomic E-state index is 0.0111. The fraction of sp³-hybridized carbons (Fsp3) is 0.532. The Labute approximate surface area is 386 Å². The number of benzene rings is 1. The largest absolute Gasteiger partial charge is 0.464 e. The maximum atomic E-state index is 14.6. The minimum atomic E-state index is -4.63. The number of amides is 4. The van der Waals surface area contributed by atoms with Gasteiger partial charge in [0, 0.05) is 67.4 Å². The van der Waals surface area contributed by atoms with E-state index in [9.17, 15) is 37.1 Å². The van der Waals surface area contributed by atoms with Gasteiger partial charge in [0.15, 0.2) is 0 Å². The zero-order valence-corrected chi connectivity index (χ0v) is 38.8. The van der Waals surface area contributed by atoms with E-state index in [4.69, 9.17) is 13.9 Å². The second-order valence-electron chi connectivity index (χ2n) is 18.7. The van der Waals surface area contributed by atoms with Crippen molar-refractivity contribution in [3.63, 3.8) is 0 Å². The molecule has 3 aromatic heterocycles. The Bertz CT molecular complexity index is 2540. The average Bonchev–Trinajstić information content (AvgIpc) is 4.05. The highest BCUT2D eigenvalue weighted by Gasteiger charge is 2.41. The monoisotopic (exact) mass is 933 g/mol.